The molecule has 0 saturated carbocycles. The highest BCUT2D eigenvalue weighted by Gasteiger charge is 1.90. The van der Waals surface area contributed by atoms with Crippen LogP contribution in [0.2, 0.25) is 0 Å². The van der Waals surface area contributed by atoms with Crippen molar-refractivity contribution in [3.8, 4) is 5.75 Å². The number of hydrogen-bond acceptors (Lipinski definition) is 3. The maximum absolute atomic E-state index is 8.18. The minimum absolute atomic E-state index is 0.450. The molecule has 54 valence electrons. The zero-order valence-corrected chi connectivity index (χ0v) is 6.21. The Morgan fingerprint density at radius 2 is 1.90 bits per heavy atom. The highest BCUT2D eigenvalue weighted by molar-refractivity contribution is 7.79. The zero-order chi connectivity index (χ0) is 7.40. The Hall–Kier alpha value is -0.670. The van der Waals surface area contributed by atoms with Gasteiger partial charge in [0.05, 0.1) is 0 Å². The van der Waals surface area contributed by atoms with Crippen molar-refractivity contribution in [2.45, 2.75) is 5.75 Å². The van der Waals surface area contributed by atoms with E-state index in [-0.39, 0.29) is 0 Å². The lowest BCUT2D eigenvalue weighted by molar-refractivity contribution is -0.137. The second kappa shape index (κ2) is 3.49. The van der Waals surface area contributed by atoms with Gasteiger partial charge in [-0.25, -0.2) is 5.26 Å². The van der Waals surface area contributed by atoms with Gasteiger partial charge in [-0.15, -0.1) is 0 Å². The normalized spacial score (nSPS) is 9.40. The Morgan fingerprint density at radius 1 is 1.30 bits per heavy atom. The average Bonchev–Trinajstić information content (AvgIpc) is 2.05. The van der Waals surface area contributed by atoms with Gasteiger partial charge in [-0.1, -0.05) is 12.1 Å². The summed E-state index contributed by atoms with van der Waals surface area (Å²) in [6, 6.07) is 7.06. The average molecular weight is 156 g/mol. The van der Waals surface area contributed by atoms with Crippen molar-refractivity contribution in [2.75, 3.05) is 0 Å². The molecule has 0 spiro atoms. The van der Waals surface area contributed by atoms with Crippen LogP contribution in [0.4, 0.5) is 0 Å². The fourth-order valence-electron chi connectivity index (χ4n) is 0.656. The van der Waals surface area contributed by atoms with Gasteiger partial charge in [0.25, 0.3) is 0 Å². The Balaban J connectivity index is 2.80. The van der Waals surface area contributed by atoms with E-state index >= 15 is 0 Å². The van der Waals surface area contributed by atoms with Gasteiger partial charge in [0, 0.05) is 5.75 Å². The zero-order valence-electron chi connectivity index (χ0n) is 5.32. The van der Waals surface area contributed by atoms with Gasteiger partial charge in [0.15, 0.2) is 5.75 Å². The summed E-state index contributed by atoms with van der Waals surface area (Å²) >= 11 is 4.07. The fourth-order valence-corrected chi connectivity index (χ4v) is 0.867. The molecule has 0 atom stereocenters. The Bertz CT molecular complexity index is 172. The van der Waals surface area contributed by atoms with Crippen molar-refractivity contribution in [1.29, 1.82) is 0 Å². The highest BCUT2D eigenvalue weighted by Crippen LogP contribution is 2.11. The molecule has 0 amide bonds. The Morgan fingerprint density at radius 3 is 2.30 bits per heavy atom. The molecule has 0 bridgehead atoms. The molecule has 0 saturated heterocycles. The number of hydrogen-bond donors (Lipinski definition) is 2. The molecule has 1 aromatic rings. The molecule has 3 heteroatoms. The molecule has 0 unspecified atom stereocenters. The molecule has 0 aromatic heterocycles. The van der Waals surface area contributed by atoms with Crippen molar-refractivity contribution in [3.05, 3.63) is 29.8 Å². The van der Waals surface area contributed by atoms with E-state index in [4.69, 9.17) is 5.26 Å². The smallest absolute Gasteiger partial charge is 0.165 e. The van der Waals surface area contributed by atoms with Crippen molar-refractivity contribution in [3.63, 3.8) is 0 Å². The number of benzene rings is 1. The topological polar surface area (TPSA) is 29.5 Å². The maximum Gasteiger partial charge on any atom is 0.165 e. The molecular weight excluding hydrogens is 148 g/mol. The van der Waals surface area contributed by atoms with Gasteiger partial charge < -0.3 is 4.89 Å². The minimum atomic E-state index is 0.450. The van der Waals surface area contributed by atoms with E-state index < -0.39 is 0 Å². The first-order chi connectivity index (χ1) is 4.86. The third-order valence-corrected chi connectivity index (χ3v) is 1.58. The van der Waals surface area contributed by atoms with Crippen LogP contribution in [0, 0.1) is 0 Å². The SMILES string of the molecule is OOc1ccc(CS)cc1. The van der Waals surface area contributed by atoms with Gasteiger partial charge in [0.2, 0.25) is 0 Å². The van der Waals surface area contributed by atoms with E-state index in [1.165, 1.54) is 0 Å². The van der Waals surface area contributed by atoms with Crippen LogP contribution in [-0.4, -0.2) is 5.26 Å². The first kappa shape index (κ1) is 7.44. The molecule has 2 nitrogen and oxygen atoms in total. The predicted octanol–water partition coefficient (Wildman–Crippen LogP) is 1.97. The van der Waals surface area contributed by atoms with Gasteiger partial charge in [-0.05, 0) is 17.7 Å². The third-order valence-electron chi connectivity index (χ3n) is 1.21. The summed E-state index contributed by atoms with van der Waals surface area (Å²) in [5.41, 5.74) is 1.10. The van der Waals surface area contributed by atoms with Crippen LogP contribution in [0.3, 0.4) is 0 Å². The fraction of sp³-hybridized carbons (Fsp3) is 0.143. The predicted molar refractivity (Wildman–Crippen MR) is 42.4 cm³/mol. The van der Waals surface area contributed by atoms with Crippen molar-refractivity contribution >= 4 is 12.6 Å². The van der Waals surface area contributed by atoms with Crippen LogP contribution in [0.25, 0.3) is 0 Å². The maximum atomic E-state index is 8.18. The molecule has 0 aliphatic heterocycles. The molecule has 0 aliphatic rings. The van der Waals surface area contributed by atoms with E-state index in [1.807, 2.05) is 12.1 Å². The van der Waals surface area contributed by atoms with Gasteiger partial charge >= 0.3 is 0 Å². The van der Waals surface area contributed by atoms with Crippen LogP contribution in [0.5, 0.6) is 5.75 Å². The summed E-state index contributed by atoms with van der Waals surface area (Å²) in [6.07, 6.45) is 0. The second-order valence-corrected chi connectivity index (χ2v) is 2.21. The van der Waals surface area contributed by atoms with Crippen molar-refractivity contribution in [1.82, 2.24) is 0 Å². The second-order valence-electron chi connectivity index (χ2n) is 1.89. The monoisotopic (exact) mass is 156 g/mol. The van der Waals surface area contributed by atoms with Crippen LogP contribution in [0.1, 0.15) is 5.56 Å². The number of rotatable bonds is 2. The van der Waals surface area contributed by atoms with Crippen LogP contribution in [0.15, 0.2) is 24.3 Å². The standard InChI is InChI=1S/C7H8O2S/c8-9-7-3-1-6(5-10)2-4-7/h1-4,8,10H,5H2. The Kier molecular flexibility index (Phi) is 2.59. The summed E-state index contributed by atoms with van der Waals surface area (Å²) in [7, 11) is 0. The molecule has 0 aliphatic carbocycles. The summed E-state index contributed by atoms with van der Waals surface area (Å²) in [5.74, 6) is 1.15. The molecule has 10 heavy (non-hydrogen) atoms. The minimum Gasteiger partial charge on any atom is -0.340 e. The highest BCUT2D eigenvalue weighted by atomic mass is 32.1. The molecule has 0 heterocycles. The van der Waals surface area contributed by atoms with E-state index in [0.29, 0.717) is 11.5 Å². The molecule has 0 fully saturated rings. The van der Waals surface area contributed by atoms with Crippen LogP contribution >= 0.6 is 12.6 Å². The van der Waals surface area contributed by atoms with Crippen molar-refractivity contribution in [2.24, 2.45) is 0 Å². The molecular formula is C7H8O2S. The lowest BCUT2D eigenvalue weighted by atomic mass is 10.2. The van der Waals surface area contributed by atoms with Crippen molar-refractivity contribution < 1.29 is 10.1 Å². The van der Waals surface area contributed by atoms with Gasteiger partial charge in [-0.2, -0.15) is 12.6 Å². The quantitative estimate of drug-likeness (QED) is 0.389. The summed E-state index contributed by atoms with van der Waals surface area (Å²) < 4.78 is 0. The largest absolute Gasteiger partial charge is 0.340 e. The lowest BCUT2D eigenvalue weighted by Crippen LogP contribution is -1.83. The molecule has 0 radical (unpaired) electrons. The van der Waals surface area contributed by atoms with E-state index in [0.717, 1.165) is 5.56 Å². The van der Waals surface area contributed by atoms with E-state index in [1.54, 1.807) is 12.1 Å². The summed E-state index contributed by atoms with van der Waals surface area (Å²) in [6.45, 7) is 0. The van der Waals surface area contributed by atoms with Gasteiger partial charge in [-0.3, -0.25) is 0 Å². The number of thiol groups is 1. The van der Waals surface area contributed by atoms with E-state index in [2.05, 4.69) is 17.5 Å². The Labute approximate surface area is 64.8 Å². The molecule has 1 aromatic carbocycles. The van der Waals surface area contributed by atoms with Crippen LogP contribution in [-0.2, 0) is 5.75 Å². The first-order valence-electron chi connectivity index (χ1n) is 2.88. The molecule has 1 N–H and O–H groups in total. The summed E-state index contributed by atoms with van der Waals surface area (Å²) in [4.78, 5) is 3.99. The third kappa shape index (κ3) is 1.65. The molecule has 1 rings (SSSR count). The van der Waals surface area contributed by atoms with Gasteiger partial charge in [0.1, 0.15) is 0 Å². The lowest BCUT2D eigenvalue weighted by Gasteiger charge is -1.96. The summed E-state index contributed by atoms with van der Waals surface area (Å²) in [5, 5.41) is 8.18. The first-order valence-corrected chi connectivity index (χ1v) is 3.51. The van der Waals surface area contributed by atoms with E-state index in [9.17, 15) is 0 Å². The van der Waals surface area contributed by atoms with Crippen LogP contribution < -0.4 is 4.89 Å².